The fourth-order valence-corrected chi connectivity index (χ4v) is 4.34. The third-order valence-electron chi connectivity index (χ3n) is 5.21. The van der Waals surface area contributed by atoms with Gasteiger partial charge in [0, 0.05) is 47.2 Å². The molecule has 28 heavy (non-hydrogen) atoms. The number of hydrogen-bond donors (Lipinski definition) is 0. The van der Waals surface area contributed by atoms with E-state index in [0.717, 1.165) is 40.5 Å². The Kier molecular flexibility index (Phi) is 5.42. The van der Waals surface area contributed by atoms with E-state index in [0.29, 0.717) is 17.4 Å². The minimum atomic E-state index is -0.252. The summed E-state index contributed by atoms with van der Waals surface area (Å²) >= 11 is 12.6. The fourth-order valence-electron chi connectivity index (χ4n) is 3.82. The monoisotopic (exact) mass is 414 g/mol. The number of anilines is 1. The maximum absolute atomic E-state index is 11.5. The van der Waals surface area contributed by atoms with Gasteiger partial charge in [0.05, 0.1) is 5.69 Å². The summed E-state index contributed by atoms with van der Waals surface area (Å²) in [6, 6.07) is 17.5. The van der Waals surface area contributed by atoms with Gasteiger partial charge in [0.25, 0.3) is 0 Å². The third-order valence-corrected chi connectivity index (χ3v) is 6.17. The highest BCUT2D eigenvalue weighted by Gasteiger charge is 2.29. The number of rotatable bonds is 4. The molecule has 1 aliphatic rings. The Morgan fingerprint density at radius 1 is 1.14 bits per heavy atom. The van der Waals surface area contributed by atoms with Crippen LogP contribution in [0.5, 0.6) is 0 Å². The maximum atomic E-state index is 11.5. The zero-order valence-corrected chi connectivity index (χ0v) is 17.0. The van der Waals surface area contributed by atoms with Gasteiger partial charge in [0.1, 0.15) is 5.69 Å². The van der Waals surface area contributed by atoms with Gasteiger partial charge in [-0.3, -0.25) is 4.79 Å². The van der Waals surface area contributed by atoms with Gasteiger partial charge in [-0.15, -0.1) is 11.6 Å². The van der Waals surface area contributed by atoms with Crippen LogP contribution >= 0.6 is 23.4 Å². The first-order chi connectivity index (χ1) is 13.5. The van der Waals surface area contributed by atoms with E-state index in [2.05, 4.69) is 17.3 Å². The van der Waals surface area contributed by atoms with Crippen LogP contribution in [0.25, 0.3) is 22.6 Å². The van der Waals surface area contributed by atoms with Gasteiger partial charge in [0.2, 0.25) is 5.91 Å². The quantitative estimate of drug-likeness (QED) is 0.366. The highest BCUT2D eigenvalue weighted by Crippen LogP contribution is 2.42. The molecule has 4 nitrogen and oxygen atoms in total. The van der Waals surface area contributed by atoms with E-state index in [1.807, 2.05) is 30.3 Å². The molecule has 2 atom stereocenters. The Morgan fingerprint density at radius 2 is 1.96 bits per heavy atom. The number of nitrogens with zero attached hydrogens (tertiary/aromatic N) is 2. The largest absolute Gasteiger partial charge is 0.356 e. The van der Waals surface area contributed by atoms with E-state index >= 15 is 0 Å². The van der Waals surface area contributed by atoms with Crippen molar-refractivity contribution in [2.24, 2.45) is 0 Å². The summed E-state index contributed by atoms with van der Waals surface area (Å²) in [6.45, 7) is 1.41. The first-order valence-corrected chi connectivity index (χ1v) is 10.1. The van der Waals surface area contributed by atoms with Crippen LogP contribution < -0.4 is 4.42 Å². The Hall–Kier alpha value is -2.30. The van der Waals surface area contributed by atoms with E-state index in [-0.39, 0.29) is 11.3 Å². The second-order valence-electron chi connectivity index (χ2n) is 7.07. The molecule has 0 spiro atoms. The number of halogens is 2. The predicted molar refractivity (Wildman–Crippen MR) is 113 cm³/mol. The van der Waals surface area contributed by atoms with Gasteiger partial charge in [-0.1, -0.05) is 48.0 Å². The van der Waals surface area contributed by atoms with E-state index in [1.54, 1.807) is 12.1 Å². The molecule has 2 unspecified atom stereocenters. The van der Waals surface area contributed by atoms with E-state index in [4.69, 9.17) is 27.9 Å². The van der Waals surface area contributed by atoms with Crippen molar-refractivity contribution in [1.82, 2.24) is 5.16 Å². The van der Waals surface area contributed by atoms with Crippen molar-refractivity contribution in [1.29, 1.82) is 0 Å². The molecular formula is C22H20Cl2N2O2. The molecule has 2 aromatic carbocycles. The summed E-state index contributed by atoms with van der Waals surface area (Å²) in [5.41, 5.74) is 4.43. The third kappa shape index (κ3) is 3.67. The Labute approximate surface area is 174 Å². The molecule has 0 bridgehead atoms. The van der Waals surface area contributed by atoms with Gasteiger partial charge in [-0.2, -0.15) is 0 Å². The van der Waals surface area contributed by atoms with Crippen molar-refractivity contribution < 1.29 is 9.32 Å². The summed E-state index contributed by atoms with van der Waals surface area (Å²) in [7, 11) is 0. The molecule has 1 amide bonds. The van der Waals surface area contributed by atoms with Crippen molar-refractivity contribution in [3.05, 3.63) is 60.2 Å². The molecule has 3 aromatic rings. The van der Waals surface area contributed by atoms with Crippen molar-refractivity contribution in [3.8, 4) is 22.6 Å². The highest BCUT2D eigenvalue weighted by molar-refractivity contribution is 6.36. The molecule has 0 aliphatic heterocycles. The summed E-state index contributed by atoms with van der Waals surface area (Å²) in [5, 5.41) is 4.46. The van der Waals surface area contributed by atoms with Gasteiger partial charge in [-0.25, -0.2) is 4.42 Å². The molecule has 1 saturated carbocycles. The van der Waals surface area contributed by atoms with Crippen LogP contribution in [0.1, 0.15) is 37.7 Å². The number of alkyl halides is 1. The minimum Gasteiger partial charge on any atom is -0.356 e. The molecule has 0 N–H and O–H groups in total. The average molecular weight is 415 g/mol. The Balaban J connectivity index is 1.68. The SMILES string of the molecule is CC(=O)N(Cl)c1cccc(-c2cc(-c3ccccc3C3CCCC3Cl)no2)c1. The lowest BCUT2D eigenvalue weighted by Crippen LogP contribution is -2.16. The van der Waals surface area contributed by atoms with Crippen LogP contribution in [-0.2, 0) is 4.79 Å². The van der Waals surface area contributed by atoms with Crippen LogP contribution in [0.15, 0.2) is 59.1 Å². The maximum Gasteiger partial charge on any atom is 0.238 e. The zero-order chi connectivity index (χ0) is 19.7. The van der Waals surface area contributed by atoms with Crippen LogP contribution in [0.2, 0.25) is 0 Å². The fraction of sp³-hybridized carbons (Fsp3) is 0.273. The number of hydrogen-bond acceptors (Lipinski definition) is 3. The average Bonchev–Trinajstić information content (AvgIpc) is 3.36. The van der Waals surface area contributed by atoms with Gasteiger partial charge in [-0.05, 0) is 30.5 Å². The van der Waals surface area contributed by atoms with Crippen molar-refractivity contribution in [2.75, 3.05) is 4.42 Å². The van der Waals surface area contributed by atoms with Gasteiger partial charge in [0.15, 0.2) is 5.76 Å². The van der Waals surface area contributed by atoms with Crippen LogP contribution in [0.4, 0.5) is 5.69 Å². The topological polar surface area (TPSA) is 46.3 Å². The number of benzene rings is 2. The second kappa shape index (κ2) is 7.98. The van der Waals surface area contributed by atoms with Crippen molar-refractivity contribution >= 4 is 35.0 Å². The Morgan fingerprint density at radius 3 is 2.71 bits per heavy atom. The van der Waals surface area contributed by atoms with Crippen molar-refractivity contribution in [2.45, 2.75) is 37.5 Å². The summed E-state index contributed by atoms with van der Waals surface area (Å²) in [4.78, 5) is 11.5. The molecule has 0 saturated heterocycles. The summed E-state index contributed by atoms with van der Waals surface area (Å²) in [6.07, 6.45) is 3.28. The first kappa shape index (κ1) is 19.0. The molecule has 144 valence electrons. The number of aromatic nitrogens is 1. The van der Waals surface area contributed by atoms with Gasteiger partial charge >= 0.3 is 0 Å². The minimum absolute atomic E-state index is 0.158. The van der Waals surface area contributed by atoms with Crippen LogP contribution in [-0.4, -0.2) is 16.4 Å². The molecule has 6 heteroatoms. The molecule has 0 radical (unpaired) electrons. The van der Waals surface area contributed by atoms with Crippen LogP contribution in [0, 0.1) is 0 Å². The zero-order valence-electron chi connectivity index (χ0n) is 15.4. The molecule has 1 fully saturated rings. The normalized spacial score (nSPS) is 19.0. The molecule has 1 aliphatic carbocycles. The smallest absolute Gasteiger partial charge is 0.238 e. The number of carbonyl (C=O) groups is 1. The lowest BCUT2D eigenvalue weighted by atomic mass is 9.91. The summed E-state index contributed by atoms with van der Waals surface area (Å²) < 4.78 is 6.70. The van der Waals surface area contributed by atoms with Gasteiger partial charge < -0.3 is 4.52 Å². The second-order valence-corrected chi connectivity index (χ2v) is 7.97. The highest BCUT2D eigenvalue weighted by atomic mass is 35.5. The molecule has 1 heterocycles. The van der Waals surface area contributed by atoms with Crippen LogP contribution in [0.3, 0.4) is 0 Å². The summed E-state index contributed by atoms with van der Waals surface area (Å²) in [5.74, 6) is 0.703. The van der Waals surface area contributed by atoms with E-state index in [1.165, 1.54) is 12.5 Å². The van der Waals surface area contributed by atoms with E-state index in [9.17, 15) is 4.79 Å². The lowest BCUT2D eigenvalue weighted by Gasteiger charge is -2.17. The predicted octanol–water partition coefficient (Wildman–Crippen LogP) is 6.39. The molecular weight excluding hydrogens is 395 g/mol. The molecule has 4 rings (SSSR count). The standard InChI is InChI=1S/C22H20Cl2N2O2/c1-14(27)26(24)16-7-4-6-15(12-16)22-13-21(25-28-22)19-9-3-2-8-17(19)18-10-5-11-20(18)23/h2-4,6-9,12-13,18,20H,5,10-11H2,1H3. The lowest BCUT2D eigenvalue weighted by molar-refractivity contribution is -0.115. The molecule has 1 aromatic heterocycles. The van der Waals surface area contributed by atoms with E-state index < -0.39 is 0 Å². The number of carbonyl (C=O) groups excluding carboxylic acids is 1. The Bertz CT molecular complexity index is 1000. The first-order valence-electron chi connectivity index (χ1n) is 9.31. The van der Waals surface area contributed by atoms with Crippen molar-refractivity contribution in [3.63, 3.8) is 0 Å². The number of amides is 1.